The van der Waals surface area contributed by atoms with Crippen molar-refractivity contribution < 1.29 is 13.2 Å². The van der Waals surface area contributed by atoms with Gasteiger partial charge in [0, 0.05) is 18.8 Å². The second kappa shape index (κ2) is 5.16. The summed E-state index contributed by atoms with van der Waals surface area (Å²) in [5, 5.41) is 2.83. The molecule has 1 N–H and O–H groups in total. The van der Waals surface area contributed by atoms with Crippen LogP contribution < -0.4 is 5.32 Å². The van der Waals surface area contributed by atoms with Gasteiger partial charge in [-0.15, -0.1) is 0 Å². The molecule has 0 amide bonds. The minimum Gasteiger partial charge on any atom is -0.372 e. The van der Waals surface area contributed by atoms with Crippen molar-refractivity contribution in [2.75, 3.05) is 12.4 Å². The highest BCUT2D eigenvalue weighted by molar-refractivity contribution is 9.10. The maximum Gasteiger partial charge on any atom is 0.416 e. The summed E-state index contributed by atoms with van der Waals surface area (Å²) < 4.78 is 38.5. The summed E-state index contributed by atoms with van der Waals surface area (Å²) in [6.07, 6.45) is -2.88. The number of halogens is 4. The average molecular weight is 332 g/mol. The van der Waals surface area contributed by atoms with Gasteiger partial charge in [-0.2, -0.15) is 13.2 Å². The second-order valence-corrected chi connectivity index (χ2v) is 4.57. The number of aromatic nitrogens is 2. The van der Waals surface area contributed by atoms with Gasteiger partial charge < -0.3 is 5.32 Å². The molecule has 0 aliphatic carbocycles. The number of hydrogen-bond acceptors (Lipinski definition) is 3. The van der Waals surface area contributed by atoms with Crippen LogP contribution in [-0.2, 0) is 6.18 Å². The zero-order valence-electron chi connectivity index (χ0n) is 9.79. The van der Waals surface area contributed by atoms with E-state index in [1.54, 1.807) is 7.05 Å². The summed E-state index contributed by atoms with van der Waals surface area (Å²) in [6, 6.07) is 4.92. The minimum atomic E-state index is -4.38. The van der Waals surface area contributed by atoms with Crippen LogP contribution >= 0.6 is 15.9 Å². The van der Waals surface area contributed by atoms with E-state index in [9.17, 15) is 13.2 Å². The lowest BCUT2D eigenvalue weighted by molar-refractivity contribution is -0.137. The third kappa shape index (κ3) is 3.04. The molecule has 0 atom stereocenters. The Labute approximate surface area is 116 Å². The van der Waals surface area contributed by atoms with E-state index in [2.05, 4.69) is 31.2 Å². The maximum atomic E-state index is 12.6. The van der Waals surface area contributed by atoms with Crippen LogP contribution in [0.3, 0.4) is 0 Å². The third-order valence-electron chi connectivity index (χ3n) is 2.43. The van der Waals surface area contributed by atoms with E-state index < -0.39 is 11.7 Å². The molecule has 7 heteroatoms. The first-order valence-corrected chi connectivity index (χ1v) is 6.09. The Balaban J connectivity index is 2.47. The van der Waals surface area contributed by atoms with E-state index in [4.69, 9.17) is 0 Å². The summed E-state index contributed by atoms with van der Waals surface area (Å²) in [7, 11) is 1.67. The molecule has 0 aliphatic heterocycles. The Hall–Kier alpha value is -1.63. The lowest BCUT2D eigenvalue weighted by Gasteiger charge is -2.09. The van der Waals surface area contributed by atoms with Crippen LogP contribution in [0.5, 0.6) is 0 Å². The lowest BCUT2D eigenvalue weighted by Crippen LogP contribution is -2.05. The van der Waals surface area contributed by atoms with Crippen molar-refractivity contribution in [1.82, 2.24) is 9.97 Å². The summed E-state index contributed by atoms with van der Waals surface area (Å²) in [5.41, 5.74) is -0.402. The van der Waals surface area contributed by atoms with Crippen molar-refractivity contribution in [3.63, 3.8) is 0 Å². The molecule has 0 fully saturated rings. The number of alkyl halides is 3. The van der Waals surface area contributed by atoms with Crippen molar-refractivity contribution >= 4 is 21.7 Å². The Morgan fingerprint density at radius 3 is 2.63 bits per heavy atom. The van der Waals surface area contributed by atoms with Crippen LogP contribution in [-0.4, -0.2) is 17.0 Å². The first kappa shape index (κ1) is 13.8. The fourth-order valence-corrected chi connectivity index (χ4v) is 1.91. The van der Waals surface area contributed by atoms with Gasteiger partial charge in [0.2, 0.25) is 0 Å². The molecule has 1 aromatic heterocycles. The van der Waals surface area contributed by atoms with E-state index in [0.717, 1.165) is 12.1 Å². The molecule has 3 nitrogen and oxygen atoms in total. The molecule has 0 aliphatic rings. The third-order valence-corrected chi connectivity index (χ3v) is 3.01. The summed E-state index contributed by atoms with van der Waals surface area (Å²) >= 11 is 3.24. The smallest absolute Gasteiger partial charge is 0.372 e. The van der Waals surface area contributed by atoms with Crippen molar-refractivity contribution in [3.8, 4) is 11.4 Å². The number of nitrogens with one attached hydrogen (secondary N) is 1. The predicted molar refractivity (Wildman–Crippen MR) is 69.7 cm³/mol. The number of nitrogens with zero attached hydrogens (tertiary/aromatic N) is 2. The molecule has 0 radical (unpaired) electrons. The average Bonchev–Trinajstić information content (AvgIpc) is 2.38. The number of hydrogen-bond donors (Lipinski definition) is 1. The van der Waals surface area contributed by atoms with Crippen molar-refractivity contribution in [2.24, 2.45) is 0 Å². The largest absolute Gasteiger partial charge is 0.416 e. The zero-order valence-corrected chi connectivity index (χ0v) is 11.4. The van der Waals surface area contributed by atoms with Crippen molar-refractivity contribution in [1.29, 1.82) is 0 Å². The SMILES string of the molecule is CNc1nc(-c2cccc(C(F)(F)F)c2)ncc1Br. The molecule has 0 saturated heterocycles. The summed E-state index contributed by atoms with van der Waals surface area (Å²) in [5.74, 6) is 0.751. The van der Waals surface area contributed by atoms with Crippen LogP contribution in [0.1, 0.15) is 5.56 Å². The highest BCUT2D eigenvalue weighted by Gasteiger charge is 2.30. The second-order valence-electron chi connectivity index (χ2n) is 3.72. The molecule has 0 saturated carbocycles. The molecular formula is C12H9BrF3N3. The topological polar surface area (TPSA) is 37.8 Å². The van der Waals surface area contributed by atoms with Crippen LogP contribution in [0, 0.1) is 0 Å². The molecule has 2 aromatic rings. The molecule has 2 rings (SSSR count). The Morgan fingerprint density at radius 2 is 2.00 bits per heavy atom. The van der Waals surface area contributed by atoms with Gasteiger partial charge >= 0.3 is 6.18 Å². The van der Waals surface area contributed by atoms with Crippen LogP contribution in [0.2, 0.25) is 0 Å². The summed E-state index contributed by atoms with van der Waals surface area (Å²) in [6.45, 7) is 0. The van der Waals surface area contributed by atoms with Gasteiger partial charge in [-0.25, -0.2) is 9.97 Å². The Morgan fingerprint density at radius 1 is 1.26 bits per heavy atom. The molecule has 0 bridgehead atoms. The molecular weight excluding hydrogens is 323 g/mol. The van der Waals surface area contributed by atoms with Gasteiger partial charge in [0.1, 0.15) is 5.82 Å². The van der Waals surface area contributed by atoms with Crippen molar-refractivity contribution in [3.05, 3.63) is 40.5 Å². The molecule has 0 spiro atoms. The first-order chi connectivity index (χ1) is 8.91. The predicted octanol–water partition coefficient (Wildman–Crippen LogP) is 3.97. The monoisotopic (exact) mass is 331 g/mol. The summed E-state index contributed by atoms with van der Waals surface area (Å²) in [4.78, 5) is 8.16. The van der Waals surface area contributed by atoms with Gasteiger partial charge in [-0.1, -0.05) is 12.1 Å². The van der Waals surface area contributed by atoms with E-state index in [0.29, 0.717) is 15.9 Å². The van der Waals surface area contributed by atoms with Gasteiger partial charge in [0.05, 0.1) is 10.0 Å². The van der Waals surface area contributed by atoms with Crippen molar-refractivity contribution in [2.45, 2.75) is 6.18 Å². The van der Waals surface area contributed by atoms with E-state index in [1.807, 2.05) is 0 Å². The highest BCUT2D eigenvalue weighted by atomic mass is 79.9. The fraction of sp³-hybridized carbons (Fsp3) is 0.167. The number of benzene rings is 1. The lowest BCUT2D eigenvalue weighted by atomic mass is 10.1. The number of anilines is 1. The molecule has 100 valence electrons. The van der Waals surface area contributed by atoms with Gasteiger partial charge in [0.25, 0.3) is 0 Å². The molecule has 1 heterocycles. The maximum absolute atomic E-state index is 12.6. The number of rotatable bonds is 2. The molecule has 0 unspecified atom stereocenters. The van der Waals surface area contributed by atoms with Gasteiger partial charge in [-0.05, 0) is 28.1 Å². The zero-order chi connectivity index (χ0) is 14.0. The van der Waals surface area contributed by atoms with Gasteiger partial charge in [-0.3, -0.25) is 0 Å². The van der Waals surface area contributed by atoms with Crippen LogP contribution in [0.4, 0.5) is 19.0 Å². The van der Waals surface area contributed by atoms with Crippen LogP contribution in [0.25, 0.3) is 11.4 Å². The van der Waals surface area contributed by atoms with Crippen LogP contribution in [0.15, 0.2) is 34.9 Å². The standard InChI is InChI=1S/C12H9BrF3N3/c1-17-11-9(13)6-18-10(19-11)7-3-2-4-8(5-7)12(14,15)16/h2-6H,1H3,(H,17,18,19). The van der Waals surface area contributed by atoms with E-state index in [-0.39, 0.29) is 5.82 Å². The molecule has 19 heavy (non-hydrogen) atoms. The normalized spacial score (nSPS) is 11.4. The first-order valence-electron chi connectivity index (χ1n) is 5.29. The quantitative estimate of drug-likeness (QED) is 0.904. The van der Waals surface area contributed by atoms with E-state index >= 15 is 0 Å². The van der Waals surface area contributed by atoms with Gasteiger partial charge in [0.15, 0.2) is 5.82 Å². The fourth-order valence-electron chi connectivity index (χ4n) is 1.52. The highest BCUT2D eigenvalue weighted by Crippen LogP contribution is 2.32. The molecule has 1 aromatic carbocycles. The Kier molecular flexibility index (Phi) is 3.75. The van der Waals surface area contributed by atoms with E-state index in [1.165, 1.54) is 18.3 Å². The Bertz CT molecular complexity index is 599. The minimum absolute atomic E-state index is 0.235.